The first kappa shape index (κ1) is 15.7. The smallest absolute Gasteiger partial charge is 0.228 e. The minimum absolute atomic E-state index is 0.132. The zero-order valence-corrected chi connectivity index (χ0v) is 14.3. The van der Waals surface area contributed by atoms with Crippen LogP contribution in [0.3, 0.4) is 0 Å². The normalized spacial score (nSPS) is 15.0. The third-order valence-corrected chi connectivity index (χ3v) is 4.44. The van der Waals surface area contributed by atoms with Crippen molar-refractivity contribution in [3.05, 3.63) is 70.5 Å². The lowest BCUT2D eigenvalue weighted by molar-refractivity contribution is 0.336. The summed E-state index contributed by atoms with van der Waals surface area (Å²) in [5, 5.41) is 0.681. The number of nitrogen functional groups attached to an aromatic ring is 1. The minimum atomic E-state index is -0.132. The van der Waals surface area contributed by atoms with Crippen molar-refractivity contribution >= 4 is 17.4 Å². The maximum Gasteiger partial charge on any atom is 0.228 e. The molecular formula is C19H16ClN3O2. The number of anilines is 1. The number of nitrogens with two attached hydrogens (primary N) is 1. The molecule has 1 aromatic heterocycles. The quantitative estimate of drug-likeness (QED) is 0.591. The molecule has 5 nitrogen and oxygen atoms in total. The van der Waals surface area contributed by atoms with Gasteiger partial charge in [0.1, 0.15) is 23.6 Å². The van der Waals surface area contributed by atoms with Crippen LogP contribution >= 0.6 is 11.6 Å². The van der Waals surface area contributed by atoms with E-state index in [-0.39, 0.29) is 5.92 Å². The van der Waals surface area contributed by atoms with Gasteiger partial charge in [0.2, 0.25) is 5.88 Å². The predicted molar refractivity (Wildman–Crippen MR) is 96.5 cm³/mol. The van der Waals surface area contributed by atoms with Crippen LogP contribution in [0.25, 0.3) is 0 Å². The standard InChI is InChI=1S/C19H16ClN3O2/c1-2-24-13-7-8-14-15(9-13)25-19-17(18(21)22-10-23-19)16(14)11-3-5-12(20)6-4-11/h3-10,16H,2H2,1H3,(H2,21,22,23). The van der Waals surface area contributed by atoms with Crippen LogP contribution in [0.5, 0.6) is 17.4 Å². The number of hydrogen-bond acceptors (Lipinski definition) is 5. The second-order valence-corrected chi connectivity index (χ2v) is 6.13. The van der Waals surface area contributed by atoms with Gasteiger partial charge < -0.3 is 15.2 Å². The van der Waals surface area contributed by atoms with Gasteiger partial charge in [-0.15, -0.1) is 0 Å². The first-order valence-corrected chi connectivity index (χ1v) is 8.35. The fourth-order valence-electron chi connectivity index (χ4n) is 3.10. The van der Waals surface area contributed by atoms with E-state index in [0.29, 0.717) is 29.1 Å². The molecule has 1 unspecified atom stereocenters. The van der Waals surface area contributed by atoms with Gasteiger partial charge in [-0.05, 0) is 30.7 Å². The fourth-order valence-corrected chi connectivity index (χ4v) is 3.23. The van der Waals surface area contributed by atoms with Crippen molar-refractivity contribution in [2.75, 3.05) is 12.3 Å². The molecule has 0 saturated heterocycles. The van der Waals surface area contributed by atoms with E-state index in [1.165, 1.54) is 6.33 Å². The van der Waals surface area contributed by atoms with E-state index in [9.17, 15) is 0 Å². The Labute approximate surface area is 150 Å². The topological polar surface area (TPSA) is 70.3 Å². The molecule has 4 rings (SSSR count). The molecule has 1 aliphatic rings. The zero-order valence-electron chi connectivity index (χ0n) is 13.6. The first-order valence-electron chi connectivity index (χ1n) is 7.97. The Morgan fingerprint density at radius 3 is 2.72 bits per heavy atom. The fraction of sp³-hybridized carbons (Fsp3) is 0.158. The SMILES string of the molecule is CCOc1ccc2c(c1)Oc1ncnc(N)c1C2c1ccc(Cl)cc1. The highest BCUT2D eigenvalue weighted by Crippen LogP contribution is 2.48. The van der Waals surface area contributed by atoms with E-state index in [2.05, 4.69) is 9.97 Å². The number of nitrogens with zero attached hydrogens (tertiary/aromatic N) is 2. The highest BCUT2D eigenvalue weighted by Gasteiger charge is 2.32. The second-order valence-electron chi connectivity index (χ2n) is 5.70. The molecule has 2 heterocycles. The highest BCUT2D eigenvalue weighted by molar-refractivity contribution is 6.30. The Balaban J connectivity index is 1.91. The van der Waals surface area contributed by atoms with E-state index >= 15 is 0 Å². The maximum atomic E-state index is 6.15. The van der Waals surface area contributed by atoms with Gasteiger partial charge in [0.25, 0.3) is 0 Å². The van der Waals surface area contributed by atoms with E-state index in [4.69, 9.17) is 26.8 Å². The van der Waals surface area contributed by atoms with Crippen molar-refractivity contribution < 1.29 is 9.47 Å². The lowest BCUT2D eigenvalue weighted by atomic mass is 9.83. The molecule has 1 atom stereocenters. The van der Waals surface area contributed by atoms with Crippen LogP contribution in [0, 0.1) is 0 Å². The van der Waals surface area contributed by atoms with Crippen molar-refractivity contribution in [3.63, 3.8) is 0 Å². The van der Waals surface area contributed by atoms with Gasteiger partial charge in [-0.1, -0.05) is 29.8 Å². The third-order valence-electron chi connectivity index (χ3n) is 4.18. The van der Waals surface area contributed by atoms with Crippen LogP contribution in [0.2, 0.25) is 5.02 Å². The summed E-state index contributed by atoms with van der Waals surface area (Å²) in [6.45, 7) is 2.53. The number of ether oxygens (including phenoxy) is 2. The Morgan fingerprint density at radius 2 is 1.96 bits per heavy atom. The Bertz CT molecular complexity index is 928. The summed E-state index contributed by atoms with van der Waals surface area (Å²) in [5.74, 6) is 2.20. The average molecular weight is 354 g/mol. The summed E-state index contributed by atoms with van der Waals surface area (Å²) in [6, 6.07) is 13.5. The Hall–Kier alpha value is -2.79. The molecule has 25 heavy (non-hydrogen) atoms. The molecule has 6 heteroatoms. The molecule has 2 N–H and O–H groups in total. The average Bonchev–Trinajstić information content (AvgIpc) is 2.61. The molecule has 0 bridgehead atoms. The van der Waals surface area contributed by atoms with Crippen LogP contribution in [0.15, 0.2) is 48.8 Å². The number of hydrogen-bond donors (Lipinski definition) is 1. The molecule has 0 spiro atoms. The monoisotopic (exact) mass is 353 g/mol. The van der Waals surface area contributed by atoms with Gasteiger partial charge in [0.15, 0.2) is 0 Å². The zero-order chi connectivity index (χ0) is 17.4. The van der Waals surface area contributed by atoms with E-state index < -0.39 is 0 Å². The summed E-state index contributed by atoms with van der Waals surface area (Å²) in [7, 11) is 0. The lowest BCUT2D eigenvalue weighted by Gasteiger charge is -2.28. The summed E-state index contributed by atoms with van der Waals surface area (Å²) in [6.07, 6.45) is 1.41. The molecular weight excluding hydrogens is 338 g/mol. The summed E-state index contributed by atoms with van der Waals surface area (Å²) >= 11 is 6.05. The Morgan fingerprint density at radius 1 is 1.16 bits per heavy atom. The number of rotatable bonds is 3. The maximum absolute atomic E-state index is 6.15. The molecule has 0 amide bonds. The van der Waals surface area contributed by atoms with Gasteiger partial charge in [0, 0.05) is 22.6 Å². The van der Waals surface area contributed by atoms with Crippen LogP contribution < -0.4 is 15.2 Å². The summed E-state index contributed by atoms with van der Waals surface area (Å²) < 4.78 is 11.6. The molecule has 0 radical (unpaired) electrons. The number of aromatic nitrogens is 2. The highest BCUT2D eigenvalue weighted by atomic mass is 35.5. The minimum Gasteiger partial charge on any atom is -0.494 e. The van der Waals surface area contributed by atoms with Gasteiger partial charge in [-0.25, -0.2) is 9.97 Å². The molecule has 3 aromatic rings. The molecule has 126 valence electrons. The second kappa shape index (κ2) is 6.26. The Kier molecular flexibility index (Phi) is 3.93. The van der Waals surface area contributed by atoms with Crippen molar-refractivity contribution in [3.8, 4) is 17.4 Å². The van der Waals surface area contributed by atoms with Crippen LogP contribution in [-0.2, 0) is 0 Å². The van der Waals surface area contributed by atoms with Crippen molar-refractivity contribution in [1.29, 1.82) is 0 Å². The van der Waals surface area contributed by atoms with Crippen LogP contribution in [0.4, 0.5) is 5.82 Å². The molecule has 0 aliphatic carbocycles. The number of benzene rings is 2. The largest absolute Gasteiger partial charge is 0.494 e. The molecule has 1 aliphatic heterocycles. The van der Waals surface area contributed by atoms with Gasteiger partial charge in [-0.3, -0.25) is 0 Å². The van der Waals surface area contributed by atoms with Gasteiger partial charge >= 0.3 is 0 Å². The molecule has 0 saturated carbocycles. The van der Waals surface area contributed by atoms with Crippen molar-refractivity contribution in [2.45, 2.75) is 12.8 Å². The lowest BCUT2D eigenvalue weighted by Crippen LogP contribution is -2.16. The number of halogens is 1. The van der Waals surface area contributed by atoms with E-state index in [1.54, 1.807) is 0 Å². The van der Waals surface area contributed by atoms with Gasteiger partial charge in [0.05, 0.1) is 12.2 Å². The van der Waals surface area contributed by atoms with Crippen LogP contribution in [0.1, 0.15) is 29.5 Å². The van der Waals surface area contributed by atoms with Crippen molar-refractivity contribution in [2.24, 2.45) is 0 Å². The number of fused-ring (bicyclic) bond motifs is 2. The van der Waals surface area contributed by atoms with E-state index in [1.807, 2.05) is 49.4 Å². The van der Waals surface area contributed by atoms with Crippen molar-refractivity contribution in [1.82, 2.24) is 9.97 Å². The van der Waals surface area contributed by atoms with E-state index in [0.717, 1.165) is 22.4 Å². The van der Waals surface area contributed by atoms with Gasteiger partial charge in [-0.2, -0.15) is 0 Å². The third kappa shape index (κ3) is 2.76. The van der Waals surface area contributed by atoms with Crippen LogP contribution in [-0.4, -0.2) is 16.6 Å². The summed E-state index contributed by atoms with van der Waals surface area (Å²) in [5.41, 5.74) is 8.95. The first-order chi connectivity index (χ1) is 12.2. The molecule has 2 aromatic carbocycles. The predicted octanol–water partition coefficient (Wildman–Crippen LogP) is 4.40. The molecule has 0 fully saturated rings. The summed E-state index contributed by atoms with van der Waals surface area (Å²) in [4.78, 5) is 8.41.